The van der Waals surface area contributed by atoms with Gasteiger partial charge in [-0.2, -0.15) is 4.31 Å². The molecule has 0 aliphatic carbocycles. The number of nitrogens with zero attached hydrogens (tertiary/aromatic N) is 1. The Kier molecular flexibility index (Phi) is 6.70. The third kappa shape index (κ3) is 5.04. The summed E-state index contributed by atoms with van der Waals surface area (Å²) in [7, 11) is -3.97. The zero-order chi connectivity index (χ0) is 20.9. The summed E-state index contributed by atoms with van der Waals surface area (Å²) in [6.07, 6.45) is -3.09. The van der Waals surface area contributed by atoms with E-state index in [2.05, 4.69) is 0 Å². The van der Waals surface area contributed by atoms with Gasteiger partial charge in [0.25, 0.3) is 0 Å². The number of carbonyl (C=O) groups is 1. The summed E-state index contributed by atoms with van der Waals surface area (Å²) in [5, 5.41) is 8.67. The Hall–Kier alpha value is -2.66. The molecule has 156 valence electrons. The van der Waals surface area contributed by atoms with Gasteiger partial charge in [0, 0.05) is 6.54 Å². The molecule has 2 aromatic rings. The van der Waals surface area contributed by atoms with Crippen molar-refractivity contribution in [3.05, 3.63) is 60.2 Å². The molecule has 0 aromatic heterocycles. The fourth-order valence-electron chi connectivity index (χ4n) is 2.90. The van der Waals surface area contributed by atoms with Gasteiger partial charge in [0.2, 0.25) is 10.0 Å². The Morgan fingerprint density at radius 2 is 1.90 bits per heavy atom. The van der Waals surface area contributed by atoms with Gasteiger partial charge in [-0.15, -0.1) is 0 Å². The zero-order valence-electron chi connectivity index (χ0n) is 15.7. The van der Waals surface area contributed by atoms with E-state index in [1.807, 2.05) is 30.3 Å². The lowest BCUT2D eigenvalue weighted by atomic mass is 10.2. The highest BCUT2D eigenvalue weighted by Crippen LogP contribution is 2.26. The number of benzene rings is 2. The van der Waals surface area contributed by atoms with Crippen molar-refractivity contribution in [3.8, 4) is 5.75 Å². The summed E-state index contributed by atoms with van der Waals surface area (Å²) in [6.45, 7) is 2.10. The van der Waals surface area contributed by atoms with Crippen LogP contribution >= 0.6 is 0 Å². The van der Waals surface area contributed by atoms with Crippen LogP contribution in [0.2, 0.25) is 0 Å². The summed E-state index contributed by atoms with van der Waals surface area (Å²) in [4.78, 5) is 11.4. The number of amides is 1. The first-order valence-corrected chi connectivity index (χ1v) is 10.4. The molecule has 2 atom stereocenters. The van der Waals surface area contributed by atoms with Crippen molar-refractivity contribution in [2.75, 3.05) is 13.2 Å². The first-order valence-electron chi connectivity index (χ1n) is 8.93. The van der Waals surface area contributed by atoms with Crippen molar-refractivity contribution in [2.24, 2.45) is 0 Å². The second-order valence-electron chi connectivity index (χ2n) is 6.35. The third-order valence-electron chi connectivity index (χ3n) is 4.38. The van der Waals surface area contributed by atoms with Crippen molar-refractivity contribution >= 4 is 16.1 Å². The fourth-order valence-corrected chi connectivity index (χ4v) is 4.46. The molecule has 1 aliphatic heterocycles. The highest BCUT2D eigenvalue weighted by molar-refractivity contribution is 7.89. The van der Waals surface area contributed by atoms with Gasteiger partial charge in [0.05, 0.1) is 11.5 Å². The second-order valence-corrected chi connectivity index (χ2v) is 8.24. The molecule has 0 spiro atoms. The predicted molar refractivity (Wildman–Crippen MR) is 102 cm³/mol. The molecule has 9 nitrogen and oxygen atoms in total. The number of carbonyl (C=O) groups excluding carboxylic acids is 1. The number of sulfonamides is 1. The Labute approximate surface area is 168 Å². The summed E-state index contributed by atoms with van der Waals surface area (Å²) in [6, 6.07) is 15.6. The number of hydrogen-bond donors (Lipinski definition) is 2. The van der Waals surface area contributed by atoms with E-state index in [4.69, 9.17) is 19.4 Å². The van der Waals surface area contributed by atoms with E-state index in [9.17, 15) is 13.2 Å². The Balaban J connectivity index is 1.74. The first kappa shape index (κ1) is 21.1. The molecule has 0 bridgehead atoms. The number of morpholine rings is 1. The highest BCUT2D eigenvalue weighted by Gasteiger charge is 2.40. The van der Waals surface area contributed by atoms with Gasteiger partial charge in [-0.05, 0) is 36.8 Å². The summed E-state index contributed by atoms with van der Waals surface area (Å²) in [5.41, 5.74) is 2.32. The predicted octanol–water partition coefficient (Wildman–Crippen LogP) is 2.12. The summed E-state index contributed by atoms with van der Waals surface area (Å²) < 4.78 is 43.2. The smallest absolute Gasteiger partial charge is 0.432 e. The molecule has 29 heavy (non-hydrogen) atoms. The van der Waals surface area contributed by atoms with Gasteiger partial charge in [0.1, 0.15) is 18.5 Å². The van der Waals surface area contributed by atoms with Crippen LogP contribution in [0, 0.1) is 0 Å². The minimum absolute atomic E-state index is 0.00229. The maximum absolute atomic E-state index is 13.1. The lowest BCUT2D eigenvalue weighted by molar-refractivity contribution is -0.123. The molecule has 1 amide bonds. The normalized spacial score (nSPS) is 20.1. The van der Waals surface area contributed by atoms with E-state index in [-0.39, 0.29) is 18.0 Å². The SMILES string of the molecule is CC1OCCN(S(=O)(=O)c2ccc(OCc3ccccc3)cc2)C1OC(=O)NO. The topological polar surface area (TPSA) is 114 Å². The molecule has 2 unspecified atom stereocenters. The standard InChI is InChI=1S/C19H22N2O7S/c1-14-18(28-19(22)20-23)21(11-12-26-14)29(24,25)17-9-7-16(8-10-17)27-13-15-5-3-2-4-6-15/h2-10,14,18,23H,11-13H2,1H3,(H,20,22). The van der Waals surface area contributed by atoms with Gasteiger partial charge in [-0.3, -0.25) is 5.21 Å². The van der Waals surface area contributed by atoms with Gasteiger partial charge in [-0.1, -0.05) is 30.3 Å². The van der Waals surface area contributed by atoms with Crippen LogP contribution in [0.15, 0.2) is 59.5 Å². The molecule has 0 saturated carbocycles. The van der Waals surface area contributed by atoms with Crippen molar-refractivity contribution in [2.45, 2.75) is 30.8 Å². The maximum atomic E-state index is 13.1. The summed E-state index contributed by atoms with van der Waals surface area (Å²) >= 11 is 0. The maximum Gasteiger partial charge on any atom is 0.432 e. The molecule has 2 N–H and O–H groups in total. The zero-order valence-corrected chi connectivity index (χ0v) is 16.5. The van der Waals surface area contributed by atoms with E-state index in [0.29, 0.717) is 12.4 Å². The van der Waals surface area contributed by atoms with Crippen molar-refractivity contribution in [3.63, 3.8) is 0 Å². The molecule has 10 heteroatoms. The van der Waals surface area contributed by atoms with Crippen molar-refractivity contribution in [1.29, 1.82) is 0 Å². The minimum Gasteiger partial charge on any atom is -0.489 e. The lowest BCUT2D eigenvalue weighted by Gasteiger charge is -2.37. The molecular weight excluding hydrogens is 400 g/mol. The molecule has 1 fully saturated rings. The van der Waals surface area contributed by atoms with Gasteiger partial charge in [-0.25, -0.2) is 18.7 Å². The molecule has 1 saturated heterocycles. The lowest BCUT2D eigenvalue weighted by Crippen LogP contribution is -2.55. The molecule has 3 rings (SSSR count). The van der Waals surface area contributed by atoms with Gasteiger partial charge in [0.15, 0.2) is 6.23 Å². The Bertz CT molecular complexity index is 919. The average Bonchev–Trinajstić information content (AvgIpc) is 2.74. The summed E-state index contributed by atoms with van der Waals surface area (Å²) in [5.74, 6) is 0.524. The number of hydrogen-bond acceptors (Lipinski definition) is 7. The molecule has 1 heterocycles. The second kappa shape index (κ2) is 9.23. The monoisotopic (exact) mass is 422 g/mol. The third-order valence-corrected chi connectivity index (χ3v) is 6.25. The van der Waals surface area contributed by atoms with Crippen LogP contribution in [-0.2, 0) is 26.1 Å². The van der Waals surface area contributed by atoms with Crippen molar-refractivity contribution in [1.82, 2.24) is 9.79 Å². The van der Waals surface area contributed by atoms with E-state index in [0.717, 1.165) is 9.87 Å². The van der Waals surface area contributed by atoms with Crippen LogP contribution in [-0.4, -0.2) is 49.5 Å². The van der Waals surface area contributed by atoms with Crippen LogP contribution in [0.1, 0.15) is 12.5 Å². The Morgan fingerprint density at radius 3 is 2.55 bits per heavy atom. The highest BCUT2D eigenvalue weighted by atomic mass is 32.2. The van der Waals surface area contributed by atoms with Crippen LogP contribution in [0.4, 0.5) is 4.79 Å². The van der Waals surface area contributed by atoms with Crippen LogP contribution in [0.5, 0.6) is 5.75 Å². The van der Waals surface area contributed by atoms with Crippen LogP contribution < -0.4 is 10.2 Å². The van der Waals surface area contributed by atoms with E-state index < -0.39 is 28.4 Å². The molecule has 0 radical (unpaired) electrons. The quantitative estimate of drug-likeness (QED) is 0.541. The van der Waals surface area contributed by atoms with Crippen LogP contribution in [0.3, 0.4) is 0 Å². The minimum atomic E-state index is -3.97. The van der Waals surface area contributed by atoms with E-state index in [1.165, 1.54) is 17.6 Å². The first-order chi connectivity index (χ1) is 13.9. The van der Waals surface area contributed by atoms with Crippen LogP contribution in [0.25, 0.3) is 0 Å². The van der Waals surface area contributed by atoms with Gasteiger partial charge >= 0.3 is 6.09 Å². The molecule has 2 aromatic carbocycles. The fraction of sp³-hybridized carbons (Fsp3) is 0.316. The number of rotatable bonds is 6. The number of ether oxygens (including phenoxy) is 3. The molecule has 1 aliphatic rings. The number of nitrogens with one attached hydrogen (secondary N) is 1. The van der Waals surface area contributed by atoms with Gasteiger partial charge < -0.3 is 14.2 Å². The van der Waals surface area contributed by atoms with E-state index >= 15 is 0 Å². The van der Waals surface area contributed by atoms with E-state index in [1.54, 1.807) is 19.1 Å². The molecular formula is C19H22N2O7S. The Morgan fingerprint density at radius 1 is 1.21 bits per heavy atom. The largest absolute Gasteiger partial charge is 0.489 e. The number of hydroxylamine groups is 1. The van der Waals surface area contributed by atoms with Crippen molar-refractivity contribution < 1.29 is 32.6 Å². The average molecular weight is 422 g/mol.